The molecule has 31 heavy (non-hydrogen) atoms. The van der Waals surface area contributed by atoms with Crippen LogP contribution in [0, 0.1) is 0 Å². The van der Waals surface area contributed by atoms with Gasteiger partial charge in [-0.3, -0.25) is 9.59 Å². The van der Waals surface area contributed by atoms with Gasteiger partial charge in [-0.25, -0.2) is 0 Å². The van der Waals surface area contributed by atoms with Crippen molar-refractivity contribution in [2.75, 3.05) is 46.5 Å². The third-order valence-electron chi connectivity index (χ3n) is 6.17. The van der Waals surface area contributed by atoms with E-state index in [1.807, 2.05) is 29.2 Å². The highest BCUT2D eigenvalue weighted by Crippen LogP contribution is 2.24. The molecule has 1 aromatic carbocycles. The Labute approximate surface area is 183 Å². The van der Waals surface area contributed by atoms with Gasteiger partial charge in [0.1, 0.15) is 29.8 Å². The molecule has 0 unspecified atom stereocenters. The lowest BCUT2D eigenvalue weighted by molar-refractivity contribution is -0.134. The van der Waals surface area contributed by atoms with Crippen molar-refractivity contribution < 1.29 is 28.5 Å². The highest BCUT2D eigenvalue weighted by molar-refractivity contribution is 5.79. The van der Waals surface area contributed by atoms with E-state index in [9.17, 15) is 9.59 Å². The third-order valence-corrected chi connectivity index (χ3v) is 6.17. The number of nitrogens with zero attached hydrogens (tertiary/aromatic N) is 2. The van der Waals surface area contributed by atoms with Crippen molar-refractivity contribution in [2.24, 2.45) is 0 Å². The summed E-state index contributed by atoms with van der Waals surface area (Å²) < 4.78 is 23.3. The van der Waals surface area contributed by atoms with Gasteiger partial charge in [0, 0.05) is 45.1 Å². The molecule has 8 heteroatoms. The number of likely N-dealkylation sites (tertiary alicyclic amines) is 2. The Kier molecular flexibility index (Phi) is 7.29. The number of carbonyl (C=O) groups is 2. The Hall–Kier alpha value is -2.32. The minimum atomic E-state index is -0.212. The number of benzene rings is 1. The molecule has 3 saturated heterocycles. The molecule has 0 spiro atoms. The molecule has 8 nitrogen and oxygen atoms in total. The van der Waals surface area contributed by atoms with E-state index >= 15 is 0 Å². The monoisotopic (exact) mass is 432 g/mol. The summed E-state index contributed by atoms with van der Waals surface area (Å²) in [6.45, 7) is 3.11. The number of methoxy groups -OCH3 is 1. The van der Waals surface area contributed by atoms with E-state index in [1.165, 1.54) is 0 Å². The lowest BCUT2D eigenvalue weighted by Crippen LogP contribution is -2.37. The quantitative estimate of drug-likeness (QED) is 0.683. The Balaban J connectivity index is 1.23. The summed E-state index contributed by atoms with van der Waals surface area (Å²) >= 11 is 0. The molecular weight excluding hydrogens is 400 g/mol. The van der Waals surface area contributed by atoms with Crippen molar-refractivity contribution in [1.29, 1.82) is 0 Å². The van der Waals surface area contributed by atoms with E-state index in [0.29, 0.717) is 51.4 Å². The van der Waals surface area contributed by atoms with E-state index in [2.05, 4.69) is 0 Å². The van der Waals surface area contributed by atoms with Gasteiger partial charge in [0.15, 0.2) is 0 Å². The van der Waals surface area contributed by atoms with Crippen LogP contribution < -0.4 is 9.47 Å². The molecule has 0 aliphatic carbocycles. The predicted octanol–water partition coefficient (Wildman–Crippen LogP) is 1.86. The van der Waals surface area contributed by atoms with Crippen molar-refractivity contribution in [2.45, 2.75) is 50.4 Å². The van der Waals surface area contributed by atoms with Gasteiger partial charge < -0.3 is 28.7 Å². The first-order valence-corrected chi connectivity index (χ1v) is 11.2. The van der Waals surface area contributed by atoms with Gasteiger partial charge in [0.2, 0.25) is 11.8 Å². The molecule has 170 valence electrons. The molecule has 0 aromatic heterocycles. The van der Waals surface area contributed by atoms with Crippen LogP contribution in [0.1, 0.15) is 32.1 Å². The van der Waals surface area contributed by atoms with Crippen LogP contribution in [0.4, 0.5) is 0 Å². The van der Waals surface area contributed by atoms with Crippen molar-refractivity contribution in [3.8, 4) is 11.5 Å². The normalized spacial score (nSPS) is 25.0. The zero-order chi connectivity index (χ0) is 21.6. The van der Waals surface area contributed by atoms with E-state index in [1.54, 1.807) is 12.0 Å². The summed E-state index contributed by atoms with van der Waals surface area (Å²) in [5.41, 5.74) is 0. The first kappa shape index (κ1) is 21.9. The summed E-state index contributed by atoms with van der Waals surface area (Å²) in [6.07, 6.45) is 3.50. The van der Waals surface area contributed by atoms with Crippen LogP contribution in [0.25, 0.3) is 0 Å². The number of carbonyl (C=O) groups excluding carboxylic acids is 2. The number of fused-ring (bicyclic) bond motifs is 1. The van der Waals surface area contributed by atoms with Crippen LogP contribution in [0.3, 0.4) is 0 Å². The Morgan fingerprint density at radius 1 is 1.10 bits per heavy atom. The second-order valence-electron chi connectivity index (χ2n) is 8.40. The zero-order valence-corrected chi connectivity index (χ0v) is 18.2. The van der Waals surface area contributed by atoms with Gasteiger partial charge in [-0.05, 0) is 25.0 Å². The maximum Gasteiger partial charge on any atom is 0.224 e. The van der Waals surface area contributed by atoms with Crippen LogP contribution >= 0.6 is 0 Å². The first-order chi connectivity index (χ1) is 15.1. The fourth-order valence-electron chi connectivity index (χ4n) is 4.38. The van der Waals surface area contributed by atoms with Gasteiger partial charge in [0.05, 0.1) is 20.3 Å². The second-order valence-corrected chi connectivity index (χ2v) is 8.40. The highest BCUT2D eigenvalue weighted by Gasteiger charge is 2.39. The maximum atomic E-state index is 12.7. The van der Waals surface area contributed by atoms with Crippen molar-refractivity contribution in [1.82, 2.24) is 9.80 Å². The van der Waals surface area contributed by atoms with Crippen LogP contribution in [0.2, 0.25) is 0 Å². The summed E-state index contributed by atoms with van der Waals surface area (Å²) in [4.78, 5) is 28.5. The average molecular weight is 433 g/mol. The summed E-state index contributed by atoms with van der Waals surface area (Å²) in [7, 11) is 1.62. The lowest BCUT2D eigenvalue weighted by Gasteiger charge is -2.23. The molecule has 4 rings (SSSR count). The zero-order valence-electron chi connectivity index (χ0n) is 18.2. The molecule has 3 fully saturated rings. The van der Waals surface area contributed by atoms with Crippen molar-refractivity contribution in [3.63, 3.8) is 0 Å². The molecule has 0 bridgehead atoms. The molecule has 1 aromatic rings. The van der Waals surface area contributed by atoms with E-state index in [-0.39, 0.29) is 30.1 Å². The number of amides is 2. The number of hydrogen-bond acceptors (Lipinski definition) is 6. The van der Waals surface area contributed by atoms with Gasteiger partial charge in [-0.1, -0.05) is 12.5 Å². The summed E-state index contributed by atoms with van der Waals surface area (Å²) in [5, 5.41) is 0. The van der Waals surface area contributed by atoms with Gasteiger partial charge in [-0.2, -0.15) is 0 Å². The van der Waals surface area contributed by atoms with Crippen molar-refractivity contribution >= 4 is 11.8 Å². The summed E-state index contributed by atoms with van der Waals surface area (Å²) in [6, 6.07) is 7.46. The standard InChI is InChI=1S/C23H32N2O6/c1-28-17-6-5-7-18(12-17)31-19-15-29-20-13-25(14-21(20)30-16-19)23(27)9-11-24-10-4-2-3-8-22(24)26/h5-7,12,19-21H,2-4,8-11,13-16H2,1H3/t20-,21-/m0/s1. The molecule has 2 amide bonds. The van der Waals surface area contributed by atoms with E-state index < -0.39 is 0 Å². The van der Waals surface area contributed by atoms with Crippen molar-refractivity contribution in [3.05, 3.63) is 24.3 Å². The number of ether oxygens (including phenoxy) is 4. The molecule has 0 N–H and O–H groups in total. The fourth-order valence-corrected chi connectivity index (χ4v) is 4.38. The van der Waals surface area contributed by atoms with Crippen LogP contribution in [0.5, 0.6) is 11.5 Å². The van der Waals surface area contributed by atoms with Gasteiger partial charge in [0.25, 0.3) is 0 Å². The predicted molar refractivity (Wildman–Crippen MR) is 113 cm³/mol. The Morgan fingerprint density at radius 2 is 1.84 bits per heavy atom. The topological polar surface area (TPSA) is 77.5 Å². The van der Waals surface area contributed by atoms with E-state index in [0.717, 1.165) is 31.6 Å². The Morgan fingerprint density at radius 3 is 2.58 bits per heavy atom. The minimum Gasteiger partial charge on any atom is -0.497 e. The molecule has 0 radical (unpaired) electrons. The van der Waals surface area contributed by atoms with Crippen LogP contribution in [0.15, 0.2) is 24.3 Å². The molecule has 3 aliphatic heterocycles. The summed E-state index contributed by atoms with van der Waals surface area (Å²) in [5.74, 6) is 1.68. The van der Waals surface area contributed by atoms with Gasteiger partial charge in [-0.15, -0.1) is 0 Å². The highest BCUT2D eigenvalue weighted by atomic mass is 16.6. The maximum absolute atomic E-state index is 12.7. The fraction of sp³-hybridized carbons (Fsp3) is 0.652. The first-order valence-electron chi connectivity index (χ1n) is 11.2. The molecule has 3 aliphatic rings. The number of rotatable bonds is 6. The molecule has 0 saturated carbocycles. The average Bonchev–Trinajstić information content (AvgIpc) is 2.96. The van der Waals surface area contributed by atoms with Crippen LogP contribution in [-0.2, 0) is 19.1 Å². The molecule has 3 heterocycles. The smallest absolute Gasteiger partial charge is 0.224 e. The molecular formula is C23H32N2O6. The second kappa shape index (κ2) is 10.3. The molecule has 2 atom stereocenters. The largest absolute Gasteiger partial charge is 0.497 e. The third kappa shape index (κ3) is 5.68. The van der Waals surface area contributed by atoms with Gasteiger partial charge >= 0.3 is 0 Å². The number of hydrogen-bond donors (Lipinski definition) is 0. The SMILES string of the molecule is COc1cccc(OC2CO[C@H]3CN(C(=O)CCN4CCCCCC4=O)C[C@@H]3OC2)c1. The minimum absolute atomic E-state index is 0.0569. The van der Waals surface area contributed by atoms with Crippen LogP contribution in [-0.4, -0.2) is 86.4 Å². The van der Waals surface area contributed by atoms with E-state index in [4.69, 9.17) is 18.9 Å². The lowest BCUT2D eigenvalue weighted by atomic mass is 10.2. The Bertz CT molecular complexity index is 756.